The van der Waals surface area contributed by atoms with Gasteiger partial charge in [-0.15, -0.1) is 0 Å². The van der Waals surface area contributed by atoms with Gasteiger partial charge in [0.1, 0.15) is 17.3 Å². The van der Waals surface area contributed by atoms with Crippen molar-refractivity contribution in [2.75, 3.05) is 20.3 Å². The number of rotatable bonds is 14. The Bertz CT molecular complexity index is 1440. The maximum Gasteiger partial charge on any atom is 0.145 e. The van der Waals surface area contributed by atoms with Crippen LogP contribution in [0.1, 0.15) is 105 Å². The third kappa shape index (κ3) is 10.2. The number of nitrogens with one attached hydrogen (secondary N) is 1. The molecule has 0 fully saturated rings. The Hall–Kier alpha value is -2.57. The molecule has 6 heteroatoms. The molecule has 1 heterocycles. The number of fused-ring (bicyclic) bond motifs is 1. The highest BCUT2D eigenvalue weighted by Crippen LogP contribution is 2.55. The second-order valence-corrected chi connectivity index (χ2v) is 17.6. The molecule has 3 aromatic rings. The van der Waals surface area contributed by atoms with Gasteiger partial charge in [-0.05, 0) is 79.5 Å². The van der Waals surface area contributed by atoms with Gasteiger partial charge in [0.05, 0.1) is 34.6 Å². The van der Waals surface area contributed by atoms with Gasteiger partial charge in [-0.1, -0.05) is 115 Å². The molecule has 3 unspecified atom stereocenters. The predicted molar refractivity (Wildman–Crippen MR) is 198 cm³/mol. The Labute approximate surface area is 287 Å². The smallest absolute Gasteiger partial charge is 0.145 e. The number of aliphatic imine (C=N–C) groups is 1. The van der Waals surface area contributed by atoms with Gasteiger partial charge >= 0.3 is 0 Å². The Morgan fingerprint density at radius 1 is 0.717 bits per heavy atom. The highest BCUT2D eigenvalue weighted by Gasteiger charge is 2.37. The molecule has 1 N–H and O–H groups in total. The number of ether oxygens (including phenoxy) is 2. The minimum atomic E-state index is 0.0451. The molecule has 0 saturated heterocycles. The molecule has 0 spiro atoms. The highest BCUT2D eigenvalue weighted by molar-refractivity contribution is 8.02. The molecule has 3 aromatic carbocycles. The summed E-state index contributed by atoms with van der Waals surface area (Å²) in [7, 11) is 1.87. The Kier molecular flexibility index (Phi) is 12.6. The van der Waals surface area contributed by atoms with Gasteiger partial charge < -0.3 is 14.8 Å². The lowest BCUT2D eigenvalue weighted by molar-refractivity contribution is 0.229. The minimum Gasteiger partial charge on any atom is -0.492 e. The van der Waals surface area contributed by atoms with E-state index in [2.05, 4.69) is 128 Å². The second kappa shape index (κ2) is 16.0. The summed E-state index contributed by atoms with van der Waals surface area (Å²) in [6, 6.07) is 21.3. The van der Waals surface area contributed by atoms with E-state index in [4.69, 9.17) is 14.5 Å². The van der Waals surface area contributed by atoms with Crippen molar-refractivity contribution in [2.45, 2.75) is 114 Å². The zero-order chi connectivity index (χ0) is 33.5. The first-order valence-electron chi connectivity index (χ1n) is 16.9. The zero-order valence-corrected chi connectivity index (χ0v) is 31.5. The predicted octanol–water partition coefficient (Wildman–Crippen LogP) is 11.7. The number of nitrogens with zero attached hydrogens (tertiary/aromatic N) is 1. The van der Waals surface area contributed by atoms with Crippen LogP contribution in [0.25, 0.3) is 0 Å². The molecule has 4 nitrogen and oxygen atoms in total. The molecule has 0 aromatic heterocycles. The van der Waals surface area contributed by atoms with Crippen LogP contribution in [0.2, 0.25) is 0 Å². The van der Waals surface area contributed by atoms with Crippen LogP contribution in [0.15, 0.2) is 85.2 Å². The van der Waals surface area contributed by atoms with Gasteiger partial charge in [0, 0.05) is 22.4 Å². The summed E-state index contributed by atoms with van der Waals surface area (Å²) >= 11 is 3.54. The van der Waals surface area contributed by atoms with E-state index < -0.39 is 0 Å². The summed E-state index contributed by atoms with van der Waals surface area (Å²) in [6.07, 6.45) is 4.33. The molecular formula is C40H56N2O2S2. The van der Waals surface area contributed by atoms with Crippen LogP contribution in [-0.4, -0.2) is 26.1 Å². The molecule has 0 aliphatic carbocycles. The van der Waals surface area contributed by atoms with Gasteiger partial charge in [-0.2, -0.15) is 0 Å². The van der Waals surface area contributed by atoms with E-state index in [1.165, 1.54) is 16.2 Å². The molecule has 0 amide bonds. The average molecular weight is 661 g/mol. The molecule has 250 valence electrons. The highest BCUT2D eigenvalue weighted by atomic mass is 32.2. The number of benzene rings is 3. The Morgan fingerprint density at radius 3 is 1.59 bits per heavy atom. The first kappa shape index (κ1) is 36.3. The Balaban J connectivity index is 1.85. The van der Waals surface area contributed by atoms with Crippen LogP contribution in [0.3, 0.4) is 0 Å². The van der Waals surface area contributed by atoms with E-state index in [1.54, 1.807) is 23.5 Å². The van der Waals surface area contributed by atoms with Gasteiger partial charge in [0.2, 0.25) is 0 Å². The molecule has 0 bridgehead atoms. The molecule has 3 atom stereocenters. The van der Waals surface area contributed by atoms with Crippen molar-refractivity contribution < 1.29 is 9.47 Å². The number of amidine groups is 1. The van der Waals surface area contributed by atoms with E-state index in [-0.39, 0.29) is 6.04 Å². The molecule has 1 aliphatic heterocycles. The fourth-order valence-corrected chi connectivity index (χ4v) is 8.74. The van der Waals surface area contributed by atoms with Crippen LogP contribution in [0, 0.1) is 22.7 Å². The third-order valence-corrected chi connectivity index (χ3v) is 10.5. The van der Waals surface area contributed by atoms with Gasteiger partial charge in [0.25, 0.3) is 0 Å². The van der Waals surface area contributed by atoms with E-state index >= 15 is 0 Å². The van der Waals surface area contributed by atoms with Crippen LogP contribution in [0.5, 0.6) is 11.5 Å². The van der Waals surface area contributed by atoms with Crippen molar-refractivity contribution in [3.63, 3.8) is 0 Å². The molecule has 46 heavy (non-hydrogen) atoms. The monoisotopic (exact) mass is 660 g/mol. The zero-order valence-electron chi connectivity index (χ0n) is 29.8. The maximum atomic E-state index is 6.95. The summed E-state index contributed by atoms with van der Waals surface area (Å²) < 4.78 is 13.9. The Morgan fingerprint density at radius 2 is 1.15 bits per heavy atom. The second-order valence-electron chi connectivity index (χ2n) is 15.4. The summed E-state index contributed by atoms with van der Waals surface area (Å²) in [5, 5.41) is 3.66. The van der Waals surface area contributed by atoms with Gasteiger partial charge in [0.15, 0.2) is 0 Å². The lowest BCUT2D eigenvalue weighted by Crippen LogP contribution is -2.18. The standard InChI is InChI=1S/C40H56N2O2S2/c1-27(25-39(4,5)6)21-23-43-34-32-29(3)42-38(41-10)33(32)35(44-24-22-28(2)26-40(7,8)9)37(46-31-19-15-12-16-20-31)36(34)45-30-17-13-11-14-18-30/h11-20,27-29H,21-26H2,1-10H3,(H,41,42). The van der Waals surface area contributed by atoms with Gasteiger partial charge in [-0.3, -0.25) is 4.99 Å². The van der Waals surface area contributed by atoms with E-state index in [0.29, 0.717) is 35.9 Å². The van der Waals surface area contributed by atoms with Crippen molar-refractivity contribution in [1.82, 2.24) is 5.32 Å². The van der Waals surface area contributed by atoms with E-state index in [1.807, 2.05) is 7.05 Å². The lowest BCUT2D eigenvalue weighted by Gasteiger charge is -2.26. The quantitative estimate of drug-likeness (QED) is 0.186. The first-order chi connectivity index (χ1) is 21.8. The van der Waals surface area contributed by atoms with Crippen molar-refractivity contribution in [2.24, 2.45) is 27.7 Å². The maximum absolute atomic E-state index is 6.95. The van der Waals surface area contributed by atoms with Crippen LogP contribution >= 0.6 is 23.5 Å². The van der Waals surface area contributed by atoms with E-state index in [0.717, 1.165) is 57.5 Å². The SMILES string of the molecule is C/N=C1\NC(C)c2c(OCCC(C)CC(C)(C)C)c(Sc3ccccc3)c(Sc3ccccc3)c(OCCC(C)CC(C)(C)C)c21. The topological polar surface area (TPSA) is 42.9 Å². The summed E-state index contributed by atoms with van der Waals surface area (Å²) in [5.74, 6) is 3.87. The van der Waals surface area contributed by atoms with Crippen molar-refractivity contribution in [3.05, 3.63) is 71.8 Å². The molecule has 1 aliphatic rings. The third-order valence-electron chi connectivity index (χ3n) is 8.17. The lowest BCUT2D eigenvalue weighted by atomic mass is 9.84. The summed E-state index contributed by atoms with van der Waals surface area (Å²) in [5.41, 5.74) is 2.78. The van der Waals surface area contributed by atoms with Crippen LogP contribution < -0.4 is 14.8 Å². The van der Waals surface area contributed by atoms with Crippen molar-refractivity contribution in [3.8, 4) is 11.5 Å². The largest absolute Gasteiger partial charge is 0.492 e. The fraction of sp³-hybridized carbons (Fsp3) is 0.525. The fourth-order valence-electron chi connectivity index (χ4n) is 6.55. The molecule has 0 radical (unpaired) electrons. The van der Waals surface area contributed by atoms with Gasteiger partial charge in [-0.25, -0.2) is 0 Å². The van der Waals surface area contributed by atoms with Crippen LogP contribution in [-0.2, 0) is 0 Å². The molecule has 4 rings (SSSR count). The van der Waals surface area contributed by atoms with Crippen molar-refractivity contribution >= 4 is 29.4 Å². The number of hydrogen-bond acceptors (Lipinski definition) is 5. The minimum absolute atomic E-state index is 0.0451. The first-order valence-corrected chi connectivity index (χ1v) is 18.6. The normalized spacial score (nSPS) is 17.0. The summed E-state index contributed by atoms with van der Waals surface area (Å²) in [6.45, 7) is 22.1. The molecule has 0 saturated carbocycles. The van der Waals surface area contributed by atoms with Crippen molar-refractivity contribution in [1.29, 1.82) is 0 Å². The number of hydrogen-bond donors (Lipinski definition) is 1. The molecular weight excluding hydrogens is 605 g/mol. The van der Waals surface area contributed by atoms with E-state index in [9.17, 15) is 0 Å². The summed E-state index contributed by atoms with van der Waals surface area (Å²) in [4.78, 5) is 9.29. The van der Waals surface area contributed by atoms with Crippen LogP contribution in [0.4, 0.5) is 0 Å². The average Bonchev–Trinajstić information content (AvgIpc) is 3.30.